The standard InChI is InChI=1S/C12H9F5N2O/c13-7-1-2-8(9(14)5-7)10(20)6-19-4-3-11(18-19)12(15,16)17/h1-5,10,20H,6H2. The maximum Gasteiger partial charge on any atom is 0.435 e. The van der Waals surface area contributed by atoms with Crippen LogP contribution in [0, 0.1) is 11.6 Å². The fourth-order valence-electron chi connectivity index (χ4n) is 1.66. The van der Waals surface area contributed by atoms with Crippen LogP contribution in [-0.2, 0) is 12.7 Å². The molecule has 0 aliphatic rings. The monoisotopic (exact) mass is 292 g/mol. The van der Waals surface area contributed by atoms with Crippen LogP contribution >= 0.6 is 0 Å². The molecule has 0 amide bonds. The van der Waals surface area contributed by atoms with Gasteiger partial charge in [0.25, 0.3) is 0 Å². The SMILES string of the molecule is OC(Cn1ccc(C(F)(F)F)n1)c1ccc(F)cc1F. The topological polar surface area (TPSA) is 38.0 Å². The third-order valence-corrected chi connectivity index (χ3v) is 2.61. The van der Waals surface area contributed by atoms with Gasteiger partial charge in [-0.15, -0.1) is 0 Å². The number of aromatic nitrogens is 2. The van der Waals surface area contributed by atoms with Crippen molar-refractivity contribution in [2.24, 2.45) is 0 Å². The fourth-order valence-corrected chi connectivity index (χ4v) is 1.66. The van der Waals surface area contributed by atoms with E-state index in [4.69, 9.17) is 0 Å². The van der Waals surface area contributed by atoms with E-state index in [1.807, 2.05) is 0 Å². The quantitative estimate of drug-likeness (QED) is 0.883. The van der Waals surface area contributed by atoms with E-state index in [1.165, 1.54) is 0 Å². The van der Waals surface area contributed by atoms with E-state index in [2.05, 4.69) is 5.10 Å². The van der Waals surface area contributed by atoms with Crippen molar-refractivity contribution in [3.05, 3.63) is 53.4 Å². The number of rotatable bonds is 3. The summed E-state index contributed by atoms with van der Waals surface area (Å²) in [5.74, 6) is -1.78. The molecule has 1 unspecified atom stereocenters. The van der Waals surface area contributed by atoms with E-state index >= 15 is 0 Å². The molecule has 0 saturated heterocycles. The molecule has 0 saturated carbocycles. The fraction of sp³-hybridized carbons (Fsp3) is 0.250. The lowest BCUT2D eigenvalue weighted by atomic mass is 10.1. The normalized spacial score (nSPS) is 13.5. The number of hydrogen-bond acceptors (Lipinski definition) is 2. The zero-order valence-electron chi connectivity index (χ0n) is 9.90. The van der Waals surface area contributed by atoms with Gasteiger partial charge in [-0.05, 0) is 12.1 Å². The number of aliphatic hydroxyl groups excluding tert-OH is 1. The van der Waals surface area contributed by atoms with Gasteiger partial charge in [-0.2, -0.15) is 18.3 Å². The van der Waals surface area contributed by atoms with E-state index in [0.29, 0.717) is 6.07 Å². The molecule has 0 aliphatic carbocycles. The van der Waals surface area contributed by atoms with Crippen LogP contribution < -0.4 is 0 Å². The second kappa shape index (κ2) is 5.20. The Kier molecular flexibility index (Phi) is 3.76. The summed E-state index contributed by atoms with van der Waals surface area (Å²) in [5.41, 5.74) is -1.32. The third kappa shape index (κ3) is 3.13. The van der Waals surface area contributed by atoms with Gasteiger partial charge in [0.2, 0.25) is 0 Å². The van der Waals surface area contributed by atoms with Crippen molar-refractivity contribution in [2.45, 2.75) is 18.8 Å². The lowest BCUT2D eigenvalue weighted by Crippen LogP contribution is -2.13. The molecule has 1 heterocycles. The van der Waals surface area contributed by atoms with E-state index in [1.54, 1.807) is 0 Å². The summed E-state index contributed by atoms with van der Waals surface area (Å²) in [4.78, 5) is 0. The molecule has 0 fully saturated rings. The molecule has 2 aromatic rings. The first-order chi connectivity index (χ1) is 9.27. The first-order valence-corrected chi connectivity index (χ1v) is 5.51. The van der Waals surface area contributed by atoms with Crippen molar-refractivity contribution < 1.29 is 27.1 Å². The molecule has 0 spiro atoms. The highest BCUT2D eigenvalue weighted by Gasteiger charge is 2.33. The molecule has 0 bridgehead atoms. The molecule has 1 N–H and O–H groups in total. The number of benzene rings is 1. The first kappa shape index (κ1) is 14.4. The lowest BCUT2D eigenvalue weighted by molar-refractivity contribution is -0.141. The summed E-state index contributed by atoms with van der Waals surface area (Å²) in [6.07, 6.45) is -5.00. The molecule has 2 rings (SSSR count). The van der Waals surface area contributed by atoms with Crippen LogP contribution in [0.3, 0.4) is 0 Å². The van der Waals surface area contributed by atoms with Gasteiger partial charge in [0.15, 0.2) is 5.69 Å². The highest BCUT2D eigenvalue weighted by Crippen LogP contribution is 2.27. The molecule has 108 valence electrons. The van der Waals surface area contributed by atoms with Crippen LogP contribution in [-0.4, -0.2) is 14.9 Å². The van der Waals surface area contributed by atoms with Gasteiger partial charge in [0.05, 0.1) is 6.54 Å². The van der Waals surface area contributed by atoms with Gasteiger partial charge >= 0.3 is 6.18 Å². The summed E-state index contributed by atoms with van der Waals surface area (Å²) in [6, 6.07) is 3.31. The Morgan fingerprint density at radius 1 is 1.20 bits per heavy atom. The largest absolute Gasteiger partial charge is 0.435 e. The van der Waals surface area contributed by atoms with Gasteiger partial charge in [0, 0.05) is 17.8 Å². The van der Waals surface area contributed by atoms with E-state index in [9.17, 15) is 27.1 Å². The molecule has 1 atom stereocenters. The van der Waals surface area contributed by atoms with Gasteiger partial charge in [-0.1, -0.05) is 6.07 Å². The van der Waals surface area contributed by atoms with E-state index < -0.39 is 29.6 Å². The molecule has 1 aromatic carbocycles. The van der Waals surface area contributed by atoms with Crippen LogP contribution in [0.4, 0.5) is 22.0 Å². The molecule has 0 aliphatic heterocycles. The number of nitrogens with zero attached hydrogens (tertiary/aromatic N) is 2. The van der Waals surface area contributed by atoms with Gasteiger partial charge in [-0.3, -0.25) is 4.68 Å². The maximum absolute atomic E-state index is 13.4. The average molecular weight is 292 g/mol. The summed E-state index contributed by atoms with van der Waals surface area (Å²) >= 11 is 0. The maximum atomic E-state index is 13.4. The smallest absolute Gasteiger partial charge is 0.386 e. The van der Waals surface area contributed by atoms with Crippen LogP contribution in [0.2, 0.25) is 0 Å². The van der Waals surface area contributed by atoms with Crippen molar-refractivity contribution in [3.63, 3.8) is 0 Å². The minimum Gasteiger partial charge on any atom is -0.386 e. The minimum atomic E-state index is -4.59. The Morgan fingerprint density at radius 2 is 1.90 bits per heavy atom. The van der Waals surface area contributed by atoms with Crippen LogP contribution in [0.5, 0.6) is 0 Å². The van der Waals surface area contributed by atoms with Crippen molar-refractivity contribution in [1.82, 2.24) is 9.78 Å². The van der Waals surface area contributed by atoms with Crippen LogP contribution in [0.15, 0.2) is 30.5 Å². The van der Waals surface area contributed by atoms with Crippen molar-refractivity contribution >= 4 is 0 Å². The summed E-state index contributed by atoms with van der Waals surface area (Å²) in [5, 5.41) is 13.0. The zero-order valence-corrected chi connectivity index (χ0v) is 9.90. The molecular weight excluding hydrogens is 283 g/mol. The van der Waals surface area contributed by atoms with Gasteiger partial charge in [0.1, 0.15) is 17.7 Å². The predicted molar refractivity (Wildman–Crippen MR) is 58.5 cm³/mol. The van der Waals surface area contributed by atoms with Gasteiger partial charge in [-0.25, -0.2) is 8.78 Å². The third-order valence-electron chi connectivity index (χ3n) is 2.61. The molecule has 20 heavy (non-hydrogen) atoms. The second-order valence-corrected chi connectivity index (χ2v) is 4.10. The Labute approximate surface area is 110 Å². The highest BCUT2D eigenvalue weighted by atomic mass is 19.4. The number of alkyl halides is 3. The summed E-state index contributed by atoms with van der Waals surface area (Å²) in [7, 11) is 0. The summed E-state index contributed by atoms with van der Waals surface area (Å²) < 4.78 is 63.9. The minimum absolute atomic E-state index is 0.213. The number of hydrogen-bond donors (Lipinski definition) is 1. The molecule has 8 heteroatoms. The zero-order chi connectivity index (χ0) is 14.9. The highest BCUT2D eigenvalue weighted by molar-refractivity contribution is 5.20. The first-order valence-electron chi connectivity index (χ1n) is 5.51. The van der Waals surface area contributed by atoms with Gasteiger partial charge < -0.3 is 5.11 Å². The Balaban J connectivity index is 2.15. The summed E-state index contributed by atoms with van der Waals surface area (Å²) in [6.45, 7) is -0.376. The number of aliphatic hydroxyl groups is 1. The molecule has 0 radical (unpaired) electrons. The molecule has 3 nitrogen and oxygen atoms in total. The second-order valence-electron chi connectivity index (χ2n) is 4.10. The van der Waals surface area contributed by atoms with Crippen molar-refractivity contribution in [1.29, 1.82) is 0 Å². The van der Waals surface area contributed by atoms with Crippen molar-refractivity contribution in [2.75, 3.05) is 0 Å². The Bertz CT molecular complexity index is 608. The molecule has 1 aromatic heterocycles. The Hall–Kier alpha value is -1.96. The van der Waals surface area contributed by atoms with Crippen molar-refractivity contribution in [3.8, 4) is 0 Å². The Morgan fingerprint density at radius 3 is 2.45 bits per heavy atom. The predicted octanol–water partition coefficient (Wildman–Crippen LogP) is 2.91. The number of halogens is 5. The van der Waals surface area contributed by atoms with Crippen LogP contribution in [0.25, 0.3) is 0 Å². The average Bonchev–Trinajstić information content (AvgIpc) is 2.76. The van der Waals surface area contributed by atoms with E-state index in [0.717, 1.165) is 29.1 Å². The molecular formula is C12H9F5N2O. The van der Waals surface area contributed by atoms with E-state index in [-0.39, 0.29) is 12.1 Å². The lowest BCUT2D eigenvalue weighted by Gasteiger charge is -2.12. The van der Waals surface area contributed by atoms with Crippen LogP contribution in [0.1, 0.15) is 17.4 Å².